The van der Waals surface area contributed by atoms with E-state index in [1.807, 2.05) is 43.3 Å². The number of nitrogen functional groups attached to an aromatic ring is 1. The second kappa shape index (κ2) is 12.6. The van der Waals surface area contributed by atoms with Crippen LogP contribution in [0.3, 0.4) is 0 Å². The van der Waals surface area contributed by atoms with Gasteiger partial charge in [-0.1, -0.05) is 29.8 Å². The zero-order valence-corrected chi connectivity index (χ0v) is 18.4. The van der Waals surface area contributed by atoms with Crippen LogP contribution in [0, 0.1) is 0 Å². The number of ether oxygens (including phenoxy) is 2. The average Bonchev–Trinajstić information content (AvgIpc) is 2.62. The Morgan fingerprint density at radius 3 is 2.50 bits per heavy atom. The van der Waals surface area contributed by atoms with E-state index in [2.05, 4.69) is 5.32 Å². The lowest BCUT2D eigenvalue weighted by molar-refractivity contribution is 0.0947. The van der Waals surface area contributed by atoms with Crippen LogP contribution in [0.4, 0.5) is 5.69 Å². The molecule has 2 rings (SSSR count). The number of carbonyl (C=O) groups is 1. The molecule has 0 fully saturated rings. The maximum Gasteiger partial charge on any atom is 0.255 e. The lowest BCUT2D eigenvalue weighted by Crippen LogP contribution is -2.24. The number of carbonyl (C=O) groups excluding carboxylic acids is 1. The Kier molecular flexibility index (Phi) is 11.7. The van der Waals surface area contributed by atoms with Gasteiger partial charge in [0, 0.05) is 24.7 Å². The topological polar surface area (TPSA) is 76.8 Å². The Labute approximate surface area is 183 Å². The number of anilines is 1. The van der Waals surface area contributed by atoms with Gasteiger partial charge in [-0.2, -0.15) is 0 Å². The highest BCUT2D eigenvalue weighted by atomic mass is 35.5. The number of rotatable bonds is 8. The van der Waals surface area contributed by atoms with E-state index in [-0.39, 0.29) is 30.7 Å². The highest BCUT2D eigenvalue weighted by Gasteiger charge is 2.15. The van der Waals surface area contributed by atoms with E-state index < -0.39 is 0 Å². The van der Waals surface area contributed by atoms with Gasteiger partial charge in [0.05, 0.1) is 23.4 Å². The van der Waals surface area contributed by atoms with Crippen molar-refractivity contribution >= 4 is 48.0 Å². The summed E-state index contributed by atoms with van der Waals surface area (Å²) >= 11 is 6.03. The molecule has 0 spiro atoms. The van der Waals surface area contributed by atoms with Crippen molar-refractivity contribution in [1.82, 2.24) is 10.2 Å². The molecule has 2 aromatic carbocycles. The number of para-hydroxylation sites is 1. The molecule has 0 heterocycles. The SMILES string of the molecule is COc1cc(N)c(Cl)cc1C(=O)NCc1ccccc1OCCN(C)C.Cl.Cl. The Morgan fingerprint density at radius 1 is 1.18 bits per heavy atom. The van der Waals surface area contributed by atoms with Crippen LogP contribution in [-0.2, 0) is 6.54 Å². The van der Waals surface area contributed by atoms with E-state index in [1.54, 1.807) is 0 Å². The number of nitrogens with one attached hydrogen (secondary N) is 1. The van der Waals surface area contributed by atoms with Crippen molar-refractivity contribution in [2.75, 3.05) is 40.1 Å². The van der Waals surface area contributed by atoms with Crippen LogP contribution in [0.25, 0.3) is 0 Å². The van der Waals surface area contributed by atoms with Crippen molar-refractivity contribution < 1.29 is 14.3 Å². The number of amides is 1. The van der Waals surface area contributed by atoms with Crippen molar-refractivity contribution in [3.8, 4) is 11.5 Å². The first-order valence-electron chi connectivity index (χ1n) is 8.19. The van der Waals surface area contributed by atoms with Crippen molar-refractivity contribution in [2.24, 2.45) is 0 Å². The molecule has 0 radical (unpaired) electrons. The van der Waals surface area contributed by atoms with Gasteiger partial charge >= 0.3 is 0 Å². The van der Waals surface area contributed by atoms with E-state index in [0.717, 1.165) is 17.9 Å². The smallest absolute Gasteiger partial charge is 0.255 e. The molecule has 6 nitrogen and oxygen atoms in total. The molecular formula is C19H26Cl3N3O3. The molecule has 0 aliphatic rings. The molecule has 0 aliphatic heterocycles. The molecule has 3 N–H and O–H groups in total. The molecule has 0 saturated carbocycles. The van der Waals surface area contributed by atoms with Gasteiger partial charge in [-0.3, -0.25) is 4.79 Å². The number of methoxy groups -OCH3 is 1. The van der Waals surface area contributed by atoms with Gasteiger partial charge in [0.15, 0.2) is 0 Å². The third-order valence-electron chi connectivity index (χ3n) is 3.77. The second-order valence-electron chi connectivity index (χ2n) is 6.02. The molecule has 0 aromatic heterocycles. The molecule has 0 unspecified atom stereocenters. The molecule has 0 saturated heterocycles. The molecular weight excluding hydrogens is 425 g/mol. The predicted octanol–water partition coefficient (Wildman–Crippen LogP) is 3.64. The third kappa shape index (κ3) is 7.28. The number of nitrogens with two attached hydrogens (primary N) is 1. The minimum atomic E-state index is -0.299. The van der Waals surface area contributed by atoms with Gasteiger partial charge < -0.3 is 25.4 Å². The van der Waals surface area contributed by atoms with E-state index in [4.69, 9.17) is 26.8 Å². The molecule has 2 aromatic rings. The van der Waals surface area contributed by atoms with Crippen molar-refractivity contribution in [2.45, 2.75) is 6.54 Å². The average molecular weight is 451 g/mol. The highest BCUT2D eigenvalue weighted by molar-refractivity contribution is 6.33. The summed E-state index contributed by atoms with van der Waals surface area (Å²) in [6.45, 7) is 1.70. The molecule has 0 atom stereocenters. The van der Waals surface area contributed by atoms with Crippen LogP contribution >= 0.6 is 36.4 Å². The third-order valence-corrected chi connectivity index (χ3v) is 4.10. The zero-order chi connectivity index (χ0) is 19.1. The standard InChI is InChI=1S/C19H24ClN3O3.2ClH/c1-23(2)8-9-26-17-7-5-4-6-13(17)12-22-19(24)14-10-15(20)16(21)11-18(14)25-3;;/h4-7,10-11H,8-9,12,21H2,1-3H3,(H,22,24);2*1H. The first kappa shape index (κ1) is 26.1. The molecule has 1 amide bonds. The summed E-state index contributed by atoms with van der Waals surface area (Å²) in [4.78, 5) is 14.6. The van der Waals surface area contributed by atoms with Crippen molar-refractivity contribution in [1.29, 1.82) is 0 Å². The lowest BCUT2D eigenvalue weighted by atomic mass is 10.1. The number of halogens is 3. The van der Waals surface area contributed by atoms with Crippen LogP contribution in [-0.4, -0.2) is 45.2 Å². The fraction of sp³-hybridized carbons (Fsp3) is 0.316. The largest absolute Gasteiger partial charge is 0.496 e. The minimum absolute atomic E-state index is 0. The lowest BCUT2D eigenvalue weighted by Gasteiger charge is -2.15. The monoisotopic (exact) mass is 449 g/mol. The summed E-state index contributed by atoms with van der Waals surface area (Å²) in [6, 6.07) is 10.6. The van der Waals surface area contributed by atoms with Gasteiger partial charge in [-0.25, -0.2) is 0 Å². The van der Waals surface area contributed by atoms with Gasteiger partial charge in [0.25, 0.3) is 5.91 Å². The Balaban J connectivity index is 0.00000364. The van der Waals surface area contributed by atoms with Gasteiger partial charge in [0.1, 0.15) is 18.1 Å². The number of benzene rings is 2. The normalized spacial score (nSPS) is 9.89. The van der Waals surface area contributed by atoms with E-state index in [0.29, 0.717) is 35.2 Å². The number of hydrogen-bond acceptors (Lipinski definition) is 5. The minimum Gasteiger partial charge on any atom is -0.496 e. The fourth-order valence-corrected chi connectivity index (χ4v) is 2.48. The Bertz CT molecular complexity index is 773. The van der Waals surface area contributed by atoms with Crippen LogP contribution in [0.15, 0.2) is 36.4 Å². The molecule has 156 valence electrons. The van der Waals surface area contributed by atoms with Gasteiger partial charge in [-0.15, -0.1) is 24.8 Å². The van der Waals surface area contributed by atoms with Crippen molar-refractivity contribution in [3.05, 3.63) is 52.5 Å². The zero-order valence-electron chi connectivity index (χ0n) is 16.0. The second-order valence-corrected chi connectivity index (χ2v) is 6.42. The number of likely N-dealkylation sites (N-methyl/N-ethyl adjacent to an activating group) is 1. The molecule has 9 heteroatoms. The van der Waals surface area contributed by atoms with Crippen LogP contribution < -0.4 is 20.5 Å². The van der Waals surface area contributed by atoms with Crippen LogP contribution in [0.5, 0.6) is 11.5 Å². The predicted molar refractivity (Wildman–Crippen MR) is 119 cm³/mol. The summed E-state index contributed by atoms with van der Waals surface area (Å²) in [7, 11) is 5.45. The molecule has 28 heavy (non-hydrogen) atoms. The summed E-state index contributed by atoms with van der Waals surface area (Å²) in [5.74, 6) is 0.823. The molecule has 0 aliphatic carbocycles. The Hall–Kier alpha value is -1.86. The van der Waals surface area contributed by atoms with E-state index in [1.165, 1.54) is 19.2 Å². The van der Waals surface area contributed by atoms with Crippen LogP contribution in [0.2, 0.25) is 5.02 Å². The quantitative estimate of drug-likeness (QED) is 0.600. The summed E-state index contributed by atoms with van der Waals surface area (Å²) < 4.78 is 11.0. The molecule has 0 bridgehead atoms. The number of nitrogens with zero attached hydrogens (tertiary/aromatic N) is 1. The van der Waals surface area contributed by atoms with Crippen LogP contribution in [0.1, 0.15) is 15.9 Å². The van der Waals surface area contributed by atoms with Gasteiger partial charge in [-0.05, 0) is 26.2 Å². The number of hydrogen-bond donors (Lipinski definition) is 2. The maximum atomic E-state index is 12.5. The van der Waals surface area contributed by atoms with E-state index >= 15 is 0 Å². The first-order valence-corrected chi connectivity index (χ1v) is 8.56. The Morgan fingerprint density at radius 2 is 1.86 bits per heavy atom. The first-order chi connectivity index (χ1) is 12.4. The summed E-state index contributed by atoms with van der Waals surface area (Å²) in [5.41, 5.74) is 7.34. The summed E-state index contributed by atoms with van der Waals surface area (Å²) in [5, 5.41) is 3.18. The van der Waals surface area contributed by atoms with Gasteiger partial charge in [0.2, 0.25) is 0 Å². The summed E-state index contributed by atoms with van der Waals surface area (Å²) in [6.07, 6.45) is 0. The van der Waals surface area contributed by atoms with Crippen molar-refractivity contribution in [3.63, 3.8) is 0 Å². The fourth-order valence-electron chi connectivity index (χ4n) is 2.32. The van der Waals surface area contributed by atoms with E-state index in [9.17, 15) is 4.79 Å². The highest BCUT2D eigenvalue weighted by Crippen LogP contribution is 2.29. The maximum absolute atomic E-state index is 12.5.